The van der Waals surface area contributed by atoms with Gasteiger partial charge in [-0.05, 0) is 43.5 Å². The predicted octanol–water partition coefficient (Wildman–Crippen LogP) is 5.14. The molecule has 1 saturated carbocycles. The second kappa shape index (κ2) is 12.8. The van der Waals surface area contributed by atoms with E-state index in [0.29, 0.717) is 11.3 Å². The Hall–Kier alpha value is -1.97. The lowest BCUT2D eigenvalue weighted by molar-refractivity contribution is -0.186. The second-order valence-corrected chi connectivity index (χ2v) is 12.9. The van der Waals surface area contributed by atoms with E-state index in [-0.39, 0.29) is 28.6 Å². The van der Waals surface area contributed by atoms with Crippen molar-refractivity contribution in [1.82, 2.24) is 20.0 Å². The van der Waals surface area contributed by atoms with Crippen LogP contribution in [-0.4, -0.2) is 84.3 Å². The van der Waals surface area contributed by atoms with Gasteiger partial charge in [-0.3, -0.25) is 4.98 Å². The Labute approximate surface area is 260 Å². The maximum absolute atomic E-state index is 14.3. The smallest absolute Gasteiger partial charge is 0.248 e. The van der Waals surface area contributed by atoms with Gasteiger partial charge in [0.15, 0.2) is 0 Å². The molecule has 5 rings (SSSR count). The molecule has 3 aromatic rings. The summed E-state index contributed by atoms with van der Waals surface area (Å²) in [4.78, 5) is 4.50. The third-order valence-corrected chi connectivity index (χ3v) is 10.5. The van der Waals surface area contributed by atoms with Crippen LogP contribution in [0.15, 0.2) is 36.7 Å². The molecule has 1 saturated heterocycles. The van der Waals surface area contributed by atoms with Gasteiger partial charge in [-0.2, -0.15) is 0 Å². The summed E-state index contributed by atoms with van der Waals surface area (Å²) in [5, 5.41) is 40.4. The zero-order chi connectivity index (χ0) is 31.1. The Morgan fingerprint density at radius 3 is 2.58 bits per heavy atom. The summed E-state index contributed by atoms with van der Waals surface area (Å²) in [7, 11) is 1.41. The SMILES string of the molecule is CO[C@@H]1[C@@H](n2cc(-c3cc(F)c(Cl)c(Cl)c3)nn2)[C@@H](O)[C@@H](CO)O[C@H]1SC(c1ncccc1C)C1(O)CCC(F)(F)CC1. The average molecular weight is 664 g/mol. The molecule has 1 aliphatic carbocycles. The minimum Gasteiger partial charge on any atom is -0.394 e. The number of aromatic nitrogens is 4. The molecule has 0 spiro atoms. The van der Waals surface area contributed by atoms with E-state index >= 15 is 0 Å². The third-order valence-electron chi connectivity index (χ3n) is 8.10. The van der Waals surface area contributed by atoms with Gasteiger partial charge in [0.2, 0.25) is 5.92 Å². The summed E-state index contributed by atoms with van der Waals surface area (Å²) >= 11 is 13.0. The highest BCUT2D eigenvalue weighted by Crippen LogP contribution is 2.53. The van der Waals surface area contributed by atoms with E-state index in [1.54, 1.807) is 12.3 Å². The van der Waals surface area contributed by atoms with Crippen LogP contribution in [0.4, 0.5) is 13.2 Å². The van der Waals surface area contributed by atoms with Crippen molar-refractivity contribution in [2.45, 2.75) is 79.2 Å². The quantitative estimate of drug-likeness (QED) is 0.281. The number of pyridine rings is 1. The van der Waals surface area contributed by atoms with Crippen LogP contribution in [0.5, 0.6) is 0 Å². The number of aliphatic hydroxyl groups excluding tert-OH is 2. The van der Waals surface area contributed by atoms with Gasteiger partial charge in [-0.1, -0.05) is 34.5 Å². The summed E-state index contributed by atoms with van der Waals surface area (Å²) in [6, 6.07) is 5.18. The van der Waals surface area contributed by atoms with Crippen molar-refractivity contribution >= 4 is 35.0 Å². The van der Waals surface area contributed by atoms with Gasteiger partial charge in [0, 0.05) is 31.7 Å². The monoisotopic (exact) mass is 662 g/mol. The highest BCUT2D eigenvalue weighted by Gasteiger charge is 2.53. The minimum atomic E-state index is -2.88. The molecule has 1 aromatic carbocycles. The zero-order valence-corrected chi connectivity index (χ0v) is 25.5. The number of benzene rings is 1. The number of rotatable bonds is 8. The third kappa shape index (κ3) is 6.55. The first kappa shape index (κ1) is 32.4. The molecule has 0 bridgehead atoms. The molecule has 0 radical (unpaired) electrons. The molecule has 2 aliphatic rings. The van der Waals surface area contributed by atoms with Crippen LogP contribution in [0, 0.1) is 12.7 Å². The van der Waals surface area contributed by atoms with Gasteiger partial charge in [0.05, 0.1) is 39.4 Å². The molecular weight excluding hydrogens is 632 g/mol. The molecule has 2 fully saturated rings. The lowest BCUT2D eigenvalue weighted by Crippen LogP contribution is -2.56. The van der Waals surface area contributed by atoms with Gasteiger partial charge < -0.3 is 24.8 Å². The molecule has 0 amide bonds. The normalized spacial score (nSPS) is 27.6. The number of halogens is 5. The molecule has 234 valence electrons. The first-order valence-corrected chi connectivity index (χ1v) is 15.3. The Morgan fingerprint density at radius 1 is 1.23 bits per heavy atom. The molecule has 1 unspecified atom stereocenters. The molecule has 43 heavy (non-hydrogen) atoms. The Balaban J connectivity index is 1.50. The van der Waals surface area contributed by atoms with E-state index in [1.165, 1.54) is 24.1 Å². The van der Waals surface area contributed by atoms with Crippen molar-refractivity contribution < 1.29 is 38.0 Å². The van der Waals surface area contributed by atoms with Gasteiger partial charge in [0.1, 0.15) is 41.3 Å². The van der Waals surface area contributed by atoms with Crippen molar-refractivity contribution in [3.63, 3.8) is 0 Å². The number of ether oxygens (including phenoxy) is 2. The first-order chi connectivity index (χ1) is 20.4. The zero-order valence-electron chi connectivity index (χ0n) is 23.2. The van der Waals surface area contributed by atoms with Crippen LogP contribution < -0.4 is 0 Å². The molecule has 1 aliphatic heterocycles. The van der Waals surface area contributed by atoms with Crippen LogP contribution in [0.25, 0.3) is 11.3 Å². The molecule has 3 heterocycles. The summed E-state index contributed by atoms with van der Waals surface area (Å²) in [5.41, 5.74) is -0.697. The maximum Gasteiger partial charge on any atom is 0.248 e. The molecule has 6 atom stereocenters. The van der Waals surface area contributed by atoms with E-state index in [2.05, 4.69) is 15.3 Å². The molecular formula is C28H31Cl2F3N4O5S. The van der Waals surface area contributed by atoms with Gasteiger partial charge in [-0.25, -0.2) is 17.9 Å². The lowest BCUT2D eigenvalue weighted by atomic mass is 9.79. The van der Waals surface area contributed by atoms with Crippen molar-refractivity contribution in [3.8, 4) is 11.3 Å². The summed E-state index contributed by atoms with van der Waals surface area (Å²) in [6.07, 6.45) is -1.61. The largest absolute Gasteiger partial charge is 0.394 e. The van der Waals surface area contributed by atoms with Gasteiger partial charge >= 0.3 is 0 Å². The minimum absolute atomic E-state index is 0.0156. The van der Waals surface area contributed by atoms with E-state index in [4.69, 9.17) is 32.7 Å². The summed E-state index contributed by atoms with van der Waals surface area (Å²) in [5.74, 6) is -3.62. The molecule has 9 nitrogen and oxygen atoms in total. The first-order valence-electron chi connectivity index (χ1n) is 13.6. The maximum atomic E-state index is 14.3. The Bertz CT molecular complexity index is 1420. The Kier molecular flexibility index (Phi) is 9.65. The van der Waals surface area contributed by atoms with Gasteiger partial charge in [-0.15, -0.1) is 16.9 Å². The Morgan fingerprint density at radius 2 is 1.95 bits per heavy atom. The number of aryl methyl sites for hydroxylation is 1. The van der Waals surface area contributed by atoms with Gasteiger partial charge in [0.25, 0.3) is 0 Å². The van der Waals surface area contributed by atoms with E-state index in [1.807, 2.05) is 13.0 Å². The van der Waals surface area contributed by atoms with Crippen LogP contribution >= 0.6 is 35.0 Å². The summed E-state index contributed by atoms with van der Waals surface area (Å²) < 4.78 is 55.9. The number of hydrogen-bond donors (Lipinski definition) is 3. The number of nitrogens with zero attached hydrogens (tertiary/aromatic N) is 4. The molecule has 2 aromatic heterocycles. The highest BCUT2D eigenvalue weighted by molar-refractivity contribution is 8.00. The number of alkyl halides is 2. The van der Waals surface area contributed by atoms with E-state index < -0.39 is 71.8 Å². The lowest BCUT2D eigenvalue weighted by Gasteiger charge is -2.47. The van der Waals surface area contributed by atoms with Crippen molar-refractivity contribution in [2.75, 3.05) is 13.7 Å². The summed E-state index contributed by atoms with van der Waals surface area (Å²) in [6.45, 7) is 1.26. The molecule has 15 heteroatoms. The standard InChI is InChI=1S/C28H31Cl2F3N4O5S/c1-14-4-3-9-34-21(14)25(27(40)5-7-28(32,33)8-6-27)43-26-24(41-2)22(23(39)19(13-38)42-26)37-12-18(35-36-37)15-10-16(29)20(30)17(31)11-15/h3-4,9-12,19,22-26,38-40H,5-8,13H2,1-2H3/t19-,22+,23+,24-,25?,26+/m1/s1. The van der Waals surface area contributed by atoms with Crippen LogP contribution in [0.2, 0.25) is 10.0 Å². The fraction of sp³-hybridized carbons (Fsp3) is 0.536. The van der Waals surface area contributed by atoms with Crippen molar-refractivity contribution in [3.05, 3.63) is 63.8 Å². The van der Waals surface area contributed by atoms with Crippen LogP contribution in [0.1, 0.15) is 48.2 Å². The topological polar surface area (TPSA) is 123 Å². The molecule has 3 N–H and O–H groups in total. The fourth-order valence-electron chi connectivity index (χ4n) is 5.64. The van der Waals surface area contributed by atoms with Crippen LogP contribution in [-0.2, 0) is 9.47 Å². The van der Waals surface area contributed by atoms with Crippen molar-refractivity contribution in [1.29, 1.82) is 0 Å². The highest BCUT2D eigenvalue weighted by atomic mass is 35.5. The second-order valence-electron chi connectivity index (χ2n) is 10.9. The number of hydrogen-bond acceptors (Lipinski definition) is 9. The van der Waals surface area contributed by atoms with Crippen molar-refractivity contribution in [2.24, 2.45) is 0 Å². The van der Waals surface area contributed by atoms with E-state index in [9.17, 15) is 28.5 Å². The van der Waals surface area contributed by atoms with Crippen LogP contribution in [0.3, 0.4) is 0 Å². The van der Waals surface area contributed by atoms with E-state index in [0.717, 1.165) is 23.4 Å². The number of methoxy groups -OCH3 is 1. The predicted molar refractivity (Wildman–Crippen MR) is 155 cm³/mol. The number of thioether (sulfide) groups is 1. The number of aliphatic hydroxyl groups is 3. The average Bonchev–Trinajstić information content (AvgIpc) is 3.46. The fourth-order valence-corrected chi connectivity index (χ4v) is 7.73.